The lowest BCUT2D eigenvalue weighted by molar-refractivity contribution is 0.338. The monoisotopic (exact) mass is 362 g/mol. The molecule has 108 valence electrons. The van der Waals surface area contributed by atoms with Crippen LogP contribution in [0, 0.1) is 0 Å². The predicted molar refractivity (Wildman–Crippen MR) is 89.6 cm³/mol. The molecule has 0 fully saturated rings. The van der Waals surface area contributed by atoms with Crippen molar-refractivity contribution < 1.29 is 12.3 Å². The molecule has 3 nitrogen and oxygen atoms in total. The second-order valence-electron chi connectivity index (χ2n) is 6.00. The third kappa shape index (κ3) is 9.05. The highest BCUT2D eigenvalue weighted by molar-refractivity contribution is 7.13. The first-order valence-electron chi connectivity index (χ1n) is 5.81. The molecule has 0 amide bonds. The van der Waals surface area contributed by atoms with Crippen LogP contribution in [0.3, 0.4) is 0 Å². The minimum Gasteiger partial charge on any atom is -0.437 e. The highest BCUT2D eigenvalue weighted by Gasteiger charge is 2.40. The summed E-state index contributed by atoms with van der Waals surface area (Å²) in [6.07, 6.45) is 0. The van der Waals surface area contributed by atoms with E-state index in [4.69, 9.17) is 35.0 Å². The second-order valence-corrected chi connectivity index (χ2v) is 21.8. The van der Waals surface area contributed by atoms with Crippen molar-refractivity contribution in [2.24, 2.45) is 0 Å². The Balaban J connectivity index is 4.60. The smallest absolute Gasteiger partial charge is 0.313 e. The Morgan fingerprint density at radius 3 is 1.72 bits per heavy atom. The molecule has 1 atom stereocenters. The summed E-state index contributed by atoms with van der Waals surface area (Å²) in [5.41, 5.74) is 0. The van der Waals surface area contributed by atoms with E-state index in [1.54, 1.807) is 0 Å². The molecule has 1 unspecified atom stereocenters. The third-order valence-corrected chi connectivity index (χ3v) is 16.1. The molecule has 0 saturated carbocycles. The van der Waals surface area contributed by atoms with E-state index in [-0.39, 0.29) is 0 Å². The summed E-state index contributed by atoms with van der Waals surface area (Å²) < 4.78 is 18.5. The maximum Gasteiger partial charge on any atom is 0.313 e. The van der Waals surface area contributed by atoms with Crippen LogP contribution < -0.4 is 0 Å². The van der Waals surface area contributed by atoms with Crippen LogP contribution in [0.2, 0.25) is 45.8 Å². The van der Waals surface area contributed by atoms with Crippen LogP contribution in [0.25, 0.3) is 0 Å². The zero-order chi connectivity index (χ0) is 14.8. The van der Waals surface area contributed by atoms with Crippen LogP contribution in [0.4, 0.5) is 0 Å². The molecule has 0 spiro atoms. The van der Waals surface area contributed by atoms with E-state index < -0.39 is 33.8 Å². The van der Waals surface area contributed by atoms with Crippen molar-refractivity contribution in [2.75, 3.05) is 0 Å². The van der Waals surface area contributed by atoms with Crippen LogP contribution in [-0.4, -0.2) is 33.8 Å². The van der Waals surface area contributed by atoms with Crippen LogP contribution >= 0.6 is 22.7 Å². The predicted octanol–water partition coefficient (Wildman–Crippen LogP) is 4.03. The van der Waals surface area contributed by atoms with Crippen LogP contribution in [-0.2, 0) is 12.3 Å². The molecule has 0 aliphatic rings. The Hall–Kier alpha value is 1.07. The minimum atomic E-state index is -2.32. The van der Waals surface area contributed by atoms with E-state index in [1.165, 1.54) is 0 Å². The molecule has 0 aliphatic carbocycles. The van der Waals surface area contributed by atoms with Gasteiger partial charge in [0, 0.05) is 4.66 Å². The summed E-state index contributed by atoms with van der Waals surface area (Å²) in [6.45, 7) is 18.1. The number of hydrogen-bond acceptors (Lipinski definition) is 3. The maximum atomic E-state index is 6.14. The molecular formula is C9H24Cl2O3Si4. The van der Waals surface area contributed by atoms with Gasteiger partial charge in [-0.3, -0.25) is 0 Å². The average Bonchev–Trinajstić information content (AvgIpc) is 1.93. The third-order valence-electron chi connectivity index (χ3n) is 1.68. The Morgan fingerprint density at radius 1 is 0.944 bits per heavy atom. The first kappa shape index (κ1) is 19.1. The summed E-state index contributed by atoms with van der Waals surface area (Å²) in [4.78, 5) is 0. The molecule has 0 saturated heterocycles. The van der Waals surface area contributed by atoms with Crippen molar-refractivity contribution in [3.63, 3.8) is 0 Å². The molecule has 0 rings (SSSR count). The average molecular weight is 364 g/mol. The van der Waals surface area contributed by atoms with Gasteiger partial charge in [-0.2, -0.15) is 0 Å². The highest BCUT2D eigenvalue weighted by atomic mass is 35.6. The second kappa shape index (κ2) is 6.68. The maximum absolute atomic E-state index is 6.14. The van der Waals surface area contributed by atoms with E-state index in [1.807, 2.05) is 26.2 Å². The molecule has 18 heavy (non-hydrogen) atoms. The van der Waals surface area contributed by atoms with Gasteiger partial charge in [0.25, 0.3) is 0 Å². The molecular weight excluding hydrogens is 339 g/mol. The van der Waals surface area contributed by atoms with Crippen molar-refractivity contribution in [3.8, 4) is 0 Å². The standard InChI is InChI=1S/C9H24Cl2O3Si4/c1-9(10)15(11)12-17(5,6)14-18(7,8)13-16(2,3)4/h15H,1H2,2-8H3. The van der Waals surface area contributed by atoms with Crippen molar-refractivity contribution in [1.82, 2.24) is 0 Å². The van der Waals surface area contributed by atoms with Gasteiger partial charge < -0.3 is 12.3 Å². The fraction of sp³-hybridized carbons (Fsp3) is 0.778. The summed E-state index contributed by atoms with van der Waals surface area (Å²) in [6, 6.07) is 0. The lowest BCUT2D eigenvalue weighted by Crippen LogP contribution is -2.53. The molecule has 0 bridgehead atoms. The Bertz CT molecular complexity index is 305. The van der Waals surface area contributed by atoms with Gasteiger partial charge in [-0.05, 0) is 45.8 Å². The number of halogens is 2. The fourth-order valence-electron chi connectivity index (χ4n) is 1.69. The van der Waals surface area contributed by atoms with Crippen LogP contribution in [0.15, 0.2) is 11.2 Å². The lowest BCUT2D eigenvalue weighted by atomic mass is 11.3. The van der Waals surface area contributed by atoms with E-state index in [0.717, 1.165) is 0 Å². The first-order valence-corrected chi connectivity index (χ1v) is 18.0. The lowest BCUT2D eigenvalue weighted by Gasteiger charge is -2.37. The number of hydrogen-bond donors (Lipinski definition) is 0. The zero-order valence-electron chi connectivity index (χ0n) is 12.3. The molecule has 0 aromatic rings. The first-order chi connectivity index (χ1) is 7.74. The van der Waals surface area contributed by atoms with Crippen molar-refractivity contribution in [3.05, 3.63) is 11.2 Å². The van der Waals surface area contributed by atoms with Crippen molar-refractivity contribution >= 4 is 56.5 Å². The van der Waals surface area contributed by atoms with E-state index in [0.29, 0.717) is 4.66 Å². The summed E-state index contributed by atoms with van der Waals surface area (Å²) in [7, 11) is -8.21. The van der Waals surface area contributed by atoms with Gasteiger partial charge in [-0.25, -0.2) is 0 Å². The van der Waals surface area contributed by atoms with Gasteiger partial charge in [-0.15, -0.1) is 11.1 Å². The topological polar surface area (TPSA) is 27.7 Å². The van der Waals surface area contributed by atoms with Gasteiger partial charge in [0.15, 0.2) is 8.32 Å². The van der Waals surface area contributed by atoms with Gasteiger partial charge in [0.2, 0.25) is 0 Å². The van der Waals surface area contributed by atoms with Crippen molar-refractivity contribution in [1.29, 1.82) is 0 Å². The van der Waals surface area contributed by atoms with Crippen LogP contribution in [0.5, 0.6) is 0 Å². The van der Waals surface area contributed by atoms with Gasteiger partial charge >= 0.3 is 25.5 Å². The van der Waals surface area contributed by atoms with Gasteiger partial charge in [-0.1, -0.05) is 18.2 Å². The van der Waals surface area contributed by atoms with E-state index >= 15 is 0 Å². The summed E-state index contributed by atoms with van der Waals surface area (Å²) in [5, 5.41) is 0. The molecule has 0 aromatic heterocycles. The fourth-order valence-corrected chi connectivity index (χ4v) is 18.3. The highest BCUT2D eigenvalue weighted by Crippen LogP contribution is 2.23. The Kier molecular flexibility index (Phi) is 7.08. The van der Waals surface area contributed by atoms with Gasteiger partial charge in [0.05, 0.1) is 0 Å². The SMILES string of the molecule is C=C(Cl)[SiH](Cl)O[Si](C)(C)O[Si](C)(C)O[Si](C)(C)C. The largest absolute Gasteiger partial charge is 0.437 e. The molecule has 0 aliphatic heterocycles. The summed E-state index contributed by atoms with van der Waals surface area (Å²) in [5.74, 6) is 0. The summed E-state index contributed by atoms with van der Waals surface area (Å²) >= 11 is 11.9. The minimum absolute atomic E-state index is 0.409. The number of rotatable bonds is 7. The molecule has 9 heteroatoms. The van der Waals surface area contributed by atoms with Gasteiger partial charge in [0.1, 0.15) is 0 Å². The zero-order valence-corrected chi connectivity index (χ0v) is 17.9. The quantitative estimate of drug-likeness (QED) is 0.505. The van der Waals surface area contributed by atoms with E-state index in [9.17, 15) is 0 Å². The van der Waals surface area contributed by atoms with Crippen LogP contribution in [0.1, 0.15) is 0 Å². The molecule has 0 radical (unpaired) electrons. The Morgan fingerprint density at radius 2 is 1.39 bits per heavy atom. The Labute approximate surface area is 125 Å². The van der Waals surface area contributed by atoms with Crippen molar-refractivity contribution in [2.45, 2.75) is 45.8 Å². The van der Waals surface area contributed by atoms with E-state index in [2.05, 4.69) is 26.2 Å². The normalized spacial score (nSPS) is 15.6. The molecule has 0 N–H and O–H groups in total. The molecule has 0 aromatic carbocycles. The molecule has 0 heterocycles.